The van der Waals surface area contributed by atoms with E-state index in [-0.39, 0.29) is 5.97 Å². The summed E-state index contributed by atoms with van der Waals surface area (Å²) in [6, 6.07) is 7.74. The third kappa shape index (κ3) is 2.46. The molecule has 2 heterocycles. The minimum absolute atomic E-state index is 0.290. The number of hydrogen-bond acceptors (Lipinski definition) is 5. The summed E-state index contributed by atoms with van der Waals surface area (Å²) in [7, 11) is 1.64. The fraction of sp³-hybridized carbons (Fsp3) is 0.250. The Balaban J connectivity index is 1.98. The van der Waals surface area contributed by atoms with Gasteiger partial charge in [0.25, 0.3) is 0 Å². The topological polar surface area (TPSA) is 52.8 Å². The number of hydrogen-bond donors (Lipinski definition) is 0. The smallest absolute Gasteiger partial charge is 0.350 e. The van der Waals surface area contributed by atoms with Crippen LogP contribution in [0.25, 0.3) is 16.2 Å². The average Bonchev–Trinajstić information content (AvgIpc) is 3.08. The van der Waals surface area contributed by atoms with E-state index in [4.69, 9.17) is 9.47 Å². The van der Waals surface area contributed by atoms with Crippen LogP contribution in [0.1, 0.15) is 22.3 Å². The van der Waals surface area contributed by atoms with Gasteiger partial charge in [-0.05, 0) is 38.1 Å². The molecule has 5 nitrogen and oxygen atoms in total. The molecule has 0 spiro atoms. The summed E-state index contributed by atoms with van der Waals surface area (Å²) in [4.78, 5) is 17.9. The third-order valence-corrected chi connectivity index (χ3v) is 4.54. The van der Waals surface area contributed by atoms with Crippen molar-refractivity contribution in [1.82, 2.24) is 9.38 Å². The molecule has 1 aromatic carbocycles. The SMILES string of the molecule is CCOC(=O)c1sc2nc(-c3ccc(OC)cc3)cn2c1C. The Bertz CT molecular complexity index is 818. The van der Waals surface area contributed by atoms with Crippen LogP contribution >= 0.6 is 11.3 Å². The molecule has 0 saturated carbocycles. The van der Waals surface area contributed by atoms with Crippen LogP contribution in [0.5, 0.6) is 5.75 Å². The lowest BCUT2D eigenvalue weighted by Crippen LogP contribution is -2.04. The quantitative estimate of drug-likeness (QED) is 0.691. The first kappa shape index (κ1) is 14.6. The Morgan fingerprint density at radius 2 is 2.05 bits per heavy atom. The molecule has 0 bridgehead atoms. The maximum absolute atomic E-state index is 11.9. The molecule has 0 unspecified atom stereocenters. The summed E-state index contributed by atoms with van der Waals surface area (Å²) in [5.74, 6) is 0.520. The lowest BCUT2D eigenvalue weighted by Gasteiger charge is -2.01. The fourth-order valence-corrected chi connectivity index (χ4v) is 3.24. The van der Waals surface area contributed by atoms with Crippen molar-refractivity contribution in [2.45, 2.75) is 13.8 Å². The van der Waals surface area contributed by atoms with Gasteiger partial charge in [-0.2, -0.15) is 0 Å². The lowest BCUT2D eigenvalue weighted by molar-refractivity contribution is 0.0531. The number of thiazole rings is 1. The van der Waals surface area contributed by atoms with Crippen LogP contribution in [0.15, 0.2) is 30.5 Å². The number of rotatable bonds is 4. The zero-order valence-corrected chi connectivity index (χ0v) is 13.4. The Labute approximate surface area is 132 Å². The van der Waals surface area contributed by atoms with Crippen LogP contribution in [-0.2, 0) is 4.74 Å². The molecule has 0 amide bonds. The highest BCUT2D eigenvalue weighted by atomic mass is 32.1. The predicted molar refractivity (Wildman–Crippen MR) is 85.8 cm³/mol. The maximum atomic E-state index is 11.9. The summed E-state index contributed by atoms with van der Waals surface area (Å²) in [5.41, 5.74) is 2.73. The Hall–Kier alpha value is -2.34. The molecule has 3 aromatic rings. The van der Waals surface area contributed by atoms with Gasteiger partial charge in [0, 0.05) is 17.5 Å². The highest BCUT2D eigenvalue weighted by Crippen LogP contribution is 2.28. The van der Waals surface area contributed by atoms with Crippen LogP contribution in [0.2, 0.25) is 0 Å². The summed E-state index contributed by atoms with van der Waals surface area (Å²) >= 11 is 1.35. The molecular formula is C16H16N2O3S. The number of esters is 1. The monoisotopic (exact) mass is 316 g/mol. The normalized spacial score (nSPS) is 10.9. The summed E-state index contributed by atoms with van der Waals surface area (Å²) in [6.07, 6.45) is 1.94. The van der Waals surface area contributed by atoms with Crippen molar-refractivity contribution in [3.8, 4) is 17.0 Å². The van der Waals surface area contributed by atoms with Crippen molar-refractivity contribution < 1.29 is 14.3 Å². The van der Waals surface area contributed by atoms with E-state index in [9.17, 15) is 4.79 Å². The van der Waals surface area contributed by atoms with E-state index < -0.39 is 0 Å². The van der Waals surface area contributed by atoms with Crippen LogP contribution in [0, 0.1) is 6.92 Å². The Kier molecular flexibility index (Phi) is 3.85. The van der Waals surface area contributed by atoms with Crippen LogP contribution in [0.4, 0.5) is 0 Å². The molecule has 0 saturated heterocycles. The molecule has 2 aromatic heterocycles. The minimum atomic E-state index is -0.290. The van der Waals surface area contributed by atoms with E-state index in [1.807, 2.05) is 41.8 Å². The van der Waals surface area contributed by atoms with Gasteiger partial charge >= 0.3 is 5.97 Å². The van der Waals surface area contributed by atoms with Gasteiger partial charge in [-0.15, -0.1) is 0 Å². The van der Waals surface area contributed by atoms with Crippen LogP contribution in [-0.4, -0.2) is 29.1 Å². The summed E-state index contributed by atoms with van der Waals surface area (Å²) in [6.45, 7) is 4.07. The van der Waals surface area contributed by atoms with Gasteiger partial charge in [-0.3, -0.25) is 4.40 Å². The van der Waals surface area contributed by atoms with Crippen molar-refractivity contribution in [2.75, 3.05) is 13.7 Å². The Morgan fingerprint density at radius 3 is 2.64 bits per heavy atom. The molecule has 3 rings (SSSR count). The first-order valence-corrected chi connectivity index (χ1v) is 7.75. The fourth-order valence-electron chi connectivity index (χ4n) is 2.24. The van der Waals surface area contributed by atoms with Crippen LogP contribution in [0.3, 0.4) is 0 Å². The van der Waals surface area contributed by atoms with Gasteiger partial charge in [-0.1, -0.05) is 11.3 Å². The molecule has 0 N–H and O–H groups in total. The van der Waals surface area contributed by atoms with E-state index in [1.54, 1.807) is 14.0 Å². The molecular weight excluding hydrogens is 300 g/mol. The van der Waals surface area contributed by atoms with E-state index in [0.717, 1.165) is 27.7 Å². The lowest BCUT2D eigenvalue weighted by atomic mass is 10.2. The minimum Gasteiger partial charge on any atom is -0.497 e. The number of nitrogens with zero attached hydrogens (tertiary/aromatic N) is 2. The molecule has 0 aliphatic heterocycles. The van der Waals surface area contributed by atoms with Gasteiger partial charge in [-0.25, -0.2) is 9.78 Å². The number of imidazole rings is 1. The Morgan fingerprint density at radius 1 is 1.32 bits per heavy atom. The van der Waals surface area contributed by atoms with Gasteiger partial charge in [0.2, 0.25) is 0 Å². The van der Waals surface area contributed by atoms with Gasteiger partial charge in [0.15, 0.2) is 4.96 Å². The molecule has 0 aliphatic carbocycles. The first-order valence-electron chi connectivity index (χ1n) is 6.94. The van der Waals surface area contributed by atoms with E-state index in [2.05, 4.69) is 4.98 Å². The number of carbonyl (C=O) groups is 1. The highest BCUT2D eigenvalue weighted by molar-refractivity contribution is 7.19. The number of fused-ring (bicyclic) bond motifs is 1. The largest absolute Gasteiger partial charge is 0.497 e. The van der Waals surface area contributed by atoms with Gasteiger partial charge in [0.05, 0.1) is 19.4 Å². The first-order chi connectivity index (χ1) is 10.6. The number of aromatic nitrogens is 2. The van der Waals surface area contributed by atoms with Crippen molar-refractivity contribution in [3.05, 3.63) is 41.0 Å². The molecule has 6 heteroatoms. The van der Waals surface area contributed by atoms with E-state index in [0.29, 0.717) is 11.5 Å². The molecule has 0 fully saturated rings. The second kappa shape index (κ2) is 5.81. The number of aryl methyl sites for hydroxylation is 1. The van der Waals surface area contributed by atoms with Crippen molar-refractivity contribution in [1.29, 1.82) is 0 Å². The van der Waals surface area contributed by atoms with Crippen molar-refractivity contribution in [2.24, 2.45) is 0 Å². The zero-order valence-electron chi connectivity index (χ0n) is 12.6. The van der Waals surface area contributed by atoms with Gasteiger partial charge < -0.3 is 9.47 Å². The number of benzene rings is 1. The van der Waals surface area contributed by atoms with Gasteiger partial charge in [0.1, 0.15) is 10.6 Å². The number of carbonyl (C=O) groups excluding carboxylic acids is 1. The predicted octanol–water partition coefficient (Wildman–Crippen LogP) is 3.56. The molecule has 114 valence electrons. The highest BCUT2D eigenvalue weighted by Gasteiger charge is 2.18. The van der Waals surface area contributed by atoms with E-state index >= 15 is 0 Å². The molecule has 22 heavy (non-hydrogen) atoms. The van der Waals surface area contributed by atoms with Crippen molar-refractivity contribution in [3.63, 3.8) is 0 Å². The summed E-state index contributed by atoms with van der Waals surface area (Å²) < 4.78 is 12.1. The second-order valence-corrected chi connectivity index (χ2v) is 5.72. The third-order valence-electron chi connectivity index (χ3n) is 3.40. The van der Waals surface area contributed by atoms with Crippen LogP contribution < -0.4 is 4.74 Å². The second-order valence-electron chi connectivity index (χ2n) is 4.74. The maximum Gasteiger partial charge on any atom is 0.350 e. The summed E-state index contributed by atoms with van der Waals surface area (Å²) in [5, 5.41) is 0. The average molecular weight is 316 g/mol. The molecule has 0 aliphatic rings. The van der Waals surface area contributed by atoms with E-state index in [1.165, 1.54) is 11.3 Å². The van der Waals surface area contributed by atoms with Crippen molar-refractivity contribution >= 4 is 22.3 Å². The zero-order chi connectivity index (χ0) is 15.7. The number of methoxy groups -OCH3 is 1. The standard InChI is InChI=1S/C16H16N2O3S/c1-4-21-15(19)14-10(2)18-9-13(17-16(18)22-14)11-5-7-12(20-3)8-6-11/h5-9H,4H2,1-3H3. The molecule has 0 atom stereocenters. The molecule has 0 radical (unpaired) electrons. The number of ether oxygens (including phenoxy) is 2.